The van der Waals surface area contributed by atoms with Gasteiger partial charge in [-0.1, -0.05) is 25.3 Å². The van der Waals surface area contributed by atoms with Crippen molar-refractivity contribution < 1.29 is 19.2 Å². The van der Waals surface area contributed by atoms with E-state index in [9.17, 15) is 19.2 Å². The second kappa shape index (κ2) is 10.7. The van der Waals surface area contributed by atoms with E-state index >= 15 is 0 Å². The van der Waals surface area contributed by atoms with Gasteiger partial charge in [0.25, 0.3) is 5.91 Å². The molecule has 1 aromatic carbocycles. The first-order valence-corrected chi connectivity index (χ1v) is 13.7. The zero-order valence-corrected chi connectivity index (χ0v) is 22.8. The molecule has 1 saturated heterocycles. The number of aromatic nitrogens is 2. The van der Waals surface area contributed by atoms with Gasteiger partial charge >= 0.3 is 6.03 Å². The molecular formula is C28H37N7O4. The van der Waals surface area contributed by atoms with E-state index in [-0.39, 0.29) is 35.7 Å². The van der Waals surface area contributed by atoms with Crippen molar-refractivity contribution in [1.82, 2.24) is 30.6 Å². The van der Waals surface area contributed by atoms with E-state index in [0.717, 1.165) is 43.2 Å². The van der Waals surface area contributed by atoms with E-state index in [1.807, 2.05) is 25.1 Å². The average molecular weight is 536 g/mol. The maximum atomic E-state index is 13.6. The topological polar surface area (TPSA) is 137 Å². The van der Waals surface area contributed by atoms with Crippen LogP contribution in [-0.2, 0) is 29.5 Å². The van der Waals surface area contributed by atoms with Gasteiger partial charge in [-0.05, 0) is 55.0 Å². The van der Waals surface area contributed by atoms with Crippen molar-refractivity contribution in [3.63, 3.8) is 0 Å². The number of urea groups is 1. The van der Waals surface area contributed by atoms with Crippen LogP contribution >= 0.6 is 0 Å². The molecule has 208 valence electrons. The van der Waals surface area contributed by atoms with Crippen LogP contribution in [0.3, 0.4) is 0 Å². The van der Waals surface area contributed by atoms with Crippen molar-refractivity contribution in [2.45, 2.75) is 69.5 Å². The molecule has 1 saturated carbocycles. The quantitative estimate of drug-likeness (QED) is 0.428. The molecule has 3 aliphatic rings. The molecule has 1 aromatic heterocycles. The molecule has 0 bridgehead atoms. The summed E-state index contributed by atoms with van der Waals surface area (Å²) in [6.07, 6.45) is 7.25. The average Bonchev–Trinajstić information content (AvgIpc) is 3.63. The summed E-state index contributed by atoms with van der Waals surface area (Å²) in [6.45, 7) is 2.37. The highest BCUT2D eigenvalue weighted by atomic mass is 16.2. The minimum absolute atomic E-state index is 0.0434. The zero-order chi connectivity index (χ0) is 27.7. The Balaban J connectivity index is 1.36. The first kappa shape index (κ1) is 26.7. The summed E-state index contributed by atoms with van der Waals surface area (Å²) >= 11 is 0. The first-order valence-electron chi connectivity index (χ1n) is 13.7. The van der Waals surface area contributed by atoms with Gasteiger partial charge in [0, 0.05) is 51.4 Å². The van der Waals surface area contributed by atoms with Gasteiger partial charge in [-0.15, -0.1) is 0 Å². The lowest BCUT2D eigenvalue weighted by molar-refractivity contribution is -0.130. The highest BCUT2D eigenvalue weighted by Gasteiger charge is 2.52. The molecule has 2 unspecified atom stereocenters. The van der Waals surface area contributed by atoms with Gasteiger partial charge in [-0.3, -0.25) is 19.1 Å². The lowest BCUT2D eigenvalue weighted by Crippen LogP contribution is -2.60. The van der Waals surface area contributed by atoms with Crippen LogP contribution in [0.1, 0.15) is 60.6 Å². The number of rotatable bonds is 7. The predicted molar refractivity (Wildman–Crippen MR) is 145 cm³/mol. The van der Waals surface area contributed by atoms with Gasteiger partial charge in [0.05, 0.1) is 0 Å². The number of carbonyl (C=O) groups is 4. The Hall–Kier alpha value is -3.89. The lowest BCUT2D eigenvalue weighted by atomic mass is 9.83. The Morgan fingerprint density at radius 2 is 1.85 bits per heavy atom. The number of hydrogen-bond donors (Lipinski definition) is 4. The van der Waals surface area contributed by atoms with Crippen LogP contribution in [0.2, 0.25) is 0 Å². The van der Waals surface area contributed by atoms with Crippen molar-refractivity contribution in [3.05, 3.63) is 47.3 Å². The SMILES string of the molecule is CNC(=O)C1(N2CC(C)NC2=O)Cc2ccc(NC(=O)[C@@H](NC(=O)c3ccnn3C)C3CCCCC3)cc2C1. The summed E-state index contributed by atoms with van der Waals surface area (Å²) in [5.41, 5.74) is 1.86. The Morgan fingerprint density at radius 3 is 2.49 bits per heavy atom. The lowest BCUT2D eigenvalue weighted by Gasteiger charge is -2.36. The van der Waals surface area contributed by atoms with Crippen molar-refractivity contribution in [3.8, 4) is 0 Å². The molecule has 0 radical (unpaired) electrons. The van der Waals surface area contributed by atoms with E-state index in [0.29, 0.717) is 30.8 Å². The van der Waals surface area contributed by atoms with Crippen LogP contribution in [0.4, 0.5) is 10.5 Å². The van der Waals surface area contributed by atoms with E-state index < -0.39 is 11.6 Å². The fourth-order valence-corrected chi connectivity index (χ4v) is 6.40. The number of carbonyl (C=O) groups excluding carboxylic acids is 4. The normalized spacial score (nSPS) is 23.6. The van der Waals surface area contributed by atoms with Crippen LogP contribution in [0.15, 0.2) is 30.5 Å². The molecule has 2 fully saturated rings. The van der Waals surface area contributed by atoms with Crippen molar-refractivity contribution in [1.29, 1.82) is 0 Å². The molecule has 0 spiro atoms. The largest absolute Gasteiger partial charge is 0.357 e. The van der Waals surface area contributed by atoms with Gasteiger partial charge in [0.15, 0.2) is 0 Å². The van der Waals surface area contributed by atoms with E-state index in [1.54, 1.807) is 31.3 Å². The van der Waals surface area contributed by atoms with Crippen LogP contribution < -0.4 is 21.3 Å². The summed E-state index contributed by atoms with van der Waals surface area (Å²) in [5.74, 6) is -0.755. The molecule has 1 aliphatic heterocycles. The zero-order valence-electron chi connectivity index (χ0n) is 22.8. The molecule has 2 heterocycles. The molecule has 3 atom stereocenters. The number of anilines is 1. The second-order valence-corrected chi connectivity index (χ2v) is 11.1. The smallest absolute Gasteiger partial charge is 0.318 e. The van der Waals surface area contributed by atoms with Crippen LogP contribution in [0.5, 0.6) is 0 Å². The fourth-order valence-electron chi connectivity index (χ4n) is 6.40. The Morgan fingerprint density at radius 1 is 1.10 bits per heavy atom. The molecular weight excluding hydrogens is 498 g/mol. The van der Waals surface area contributed by atoms with Crippen LogP contribution in [-0.4, -0.2) is 69.6 Å². The highest BCUT2D eigenvalue weighted by Crippen LogP contribution is 2.38. The fraction of sp³-hybridized carbons (Fsp3) is 0.536. The van der Waals surface area contributed by atoms with Gasteiger partial charge in [0.1, 0.15) is 17.3 Å². The first-order chi connectivity index (χ1) is 18.7. The van der Waals surface area contributed by atoms with Crippen LogP contribution in [0.25, 0.3) is 0 Å². The third kappa shape index (κ3) is 5.09. The number of hydrogen-bond acceptors (Lipinski definition) is 5. The van der Waals surface area contributed by atoms with Gasteiger partial charge < -0.3 is 26.2 Å². The summed E-state index contributed by atoms with van der Waals surface area (Å²) in [7, 11) is 3.28. The minimum atomic E-state index is -1.02. The van der Waals surface area contributed by atoms with Crippen LogP contribution in [0, 0.1) is 5.92 Å². The summed E-state index contributed by atoms with van der Waals surface area (Å²) in [4.78, 5) is 54.1. The summed E-state index contributed by atoms with van der Waals surface area (Å²) < 4.78 is 1.49. The molecule has 11 heteroatoms. The molecule has 4 N–H and O–H groups in total. The third-order valence-electron chi connectivity index (χ3n) is 8.42. The number of aryl methyl sites for hydroxylation is 1. The van der Waals surface area contributed by atoms with E-state index in [4.69, 9.17) is 0 Å². The van der Waals surface area contributed by atoms with Crippen molar-refractivity contribution >= 4 is 29.4 Å². The van der Waals surface area contributed by atoms with Gasteiger partial charge in [-0.2, -0.15) is 5.10 Å². The van der Waals surface area contributed by atoms with Crippen molar-refractivity contribution in [2.75, 3.05) is 18.9 Å². The minimum Gasteiger partial charge on any atom is -0.357 e. The molecule has 2 aliphatic carbocycles. The number of benzene rings is 1. The Kier molecular flexibility index (Phi) is 7.33. The molecule has 2 aromatic rings. The van der Waals surface area contributed by atoms with E-state index in [1.165, 1.54) is 4.68 Å². The summed E-state index contributed by atoms with van der Waals surface area (Å²) in [6, 6.07) is 6.28. The maximum Gasteiger partial charge on any atom is 0.318 e. The molecule has 11 nitrogen and oxygen atoms in total. The van der Waals surface area contributed by atoms with Gasteiger partial charge in [0.2, 0.25) is 11.8 Å². The van der Waals surface area contributed by atoms with Gasteiger partial charge in [-0.25, -0.2) is 4.79 Å². The molecule has 39 heavy (non-hydrogen) atoms. The number of fused-ring (bicyclic) bond motifs is 1. The van der Waals surface area contributed by atoms with Crippen molar-refractivity contribution in [2.24, 2.45) is 13.0 Å². The van der Waals surface area contributed by atoms with E-state index in [2.05, 4.69) is 26.4 Å². The number of nitrogens with zero attached hydrogens (tertiary/aromatic N) is 3. The second-order valence-electron chi connectivity index (χ2n) is 11.1. The Bertz CT molecular complexity index is 1280. The Labute approximate surface area is 228 Å². The standard InChI is InChI=1S/C28H37N7O4/c1-17-16-35(27(39)31-17)28(26(38)29-2)14-19-9-10-21(13-20(19)15-28)32-25(37)23(18-7-5-4-6-8-18)33-24(36)22-11-12-30-34(22)3/h9-13,17-18,23H,4-8,14-16H2,1-3H3,(H,29,38)(H,31,39)(H,32,37)(H,33,36)/t17?,23-,28?/m0/s1. The number of likely N-dealkylation sites (N-methyl/N-ethyl adjacent to an activating group) is 1. The monoisotopic (exact) mass is 535 g/mol. The molecule has 5 amide bonds. The predicted octanol–water partition coefficient (Wildman–Crippen LogP) is 1.73. The number of amides is 5. The highest BCUT2D eigenvalue weighted by molar-refractivity contribution is 6.01. The summed E-state index contributed by atoms with van der Waals surface area (Å²) in [5, 5.41) is 15.7. The third-order valence-corrected chi connectivity index (χ3v) is 8.42. The number of nitrogens with one attached hydrogen (secondary N) is 4. The molecule has 5 rings (SSSR count). The maximum absolute atomic E-state index is 13.6.